The van der Waals surface area contributed by atoms with E-state index in [9.17, 15) is 4.79 Å². The van der Waals surface area contributed by atoms with Crippen LogP contribution in [-0.2, 0) is 19.0 Å². The molecular weight excluding hydrogens is 184 g/mol. The molecule has 0 radical (unpaired) electrons. The second-order valence-corrected chi connectivity index (χ2v) is 3.31. The van der Waals surface area contributed by atoms with Crippen molar-refractivity contribution < 1.29 is 19.0 Å². The van der Waals surface area contributed by atoms with E-state index in [4.69, 9.17) is 14.2 Å². The number of hydrogen-bond acceptors (Lipinski definition) is 4. The van der Waals surface area contributed by atoms with E-state index >= 15 is 0 Å². The fourth-order valence-electron chi connectivity index (χ4n) is 1.29. The van der Waals surface area contributed by atoms with Gasteiger partial charge in [0, 0.05) is 13.5 Å². The van der Waals surface area contributed by atoms with Gasteiger partial charge in [-0.25, -0.2) is 4.79 Å². The van der Waals surface area contributed by atoms with Gasteiger partial charge in [0.05, 0.1) is 6.61 Å². The molecule has 0 fully saturated rings. The zero-order valence-corrected chi connectivity index (χ0v) is 8.78. The van der Waals surface area contributed by atoms with Crippen molar-refractivity contribution in [3.05, 3.63) is 12.2 Å². The Bertz CT molecular complexity index is 236. The molecule has 2 atom stereocenters. The van der Waals surface area contributed by atoms with Crippen molar-refractivity contribution in [2.45, 2.75) is 32.2 Å². The Balaban J connectivity index is 2.66. The van der Waals surface area contributed by atoms with E-state index in [0.29, 0.717) is 13.0 Å². The molecule has 0 bridgehead atoms. The summed E-state index contributed by atoms with van der Waals surface area (Å²) in [6.07, 6.45) is 3.71. The Morgan fingerprint density at radius 3 is 3.00 bits per heavy atom. The molecule has 0 amide bonds. The first-order valence-corrected chi connectivity index (χ1v) is 4.67. The van der Waals surface area contributed by atoms with Crippen LogP contribution in [0, 0.1) is 0 Å². The lowest BCUT2D eigenvalue weighted by Gasteiger charge is -2.32. The first kappa shape index (κ1) is 11.2. The average molecular weight is 200 g/mol. The van der Waals surface area contributed by atoms with Gasteiger partial charge in [-0.15, -0.1) is 0 Å². The lowest BCUT2D eigenvalue weighted by molar-refractivity contribution is -0.203. The molecule has 1 aliphatic rings. The zero-order valence-electron chi connectivity index (χ0n) is 8.78. The van der Waals surface area contributed by atoms with Crippen molar-refractivity contribution in [1.82, 2.24) is 0 Å². The molecule has 2 unspecified atom stereocenters. The first-order chi connectivity index (χ1) is 6.62. The van der Waals surface area contributed by atoms with E-state index < -0.39 is 11.9 Å². The average Bonchev–Trinajstić information content (AvgIpc) is 2.18. The lowest BCUT2D eigenvalue weighted by atomic mass is 10.00. The van der Waals surface area contributed by atoms with Gasteiger partial charge >= 0.3 is 5.97 Å². The van der Waals surface area contributed by atoms with Gasteiger partial charge in [-0.2, -0.15) is 0 Å². The molecule has 80 valence electrons. The molecule has 0 aliphatic carbocycles. The van der Waals surface area contributed by atoms with E-state index in [0.717, 1.165) is 0 Å². The van der Waals surface area contributed by atoms with E-state index in [2.05, 4.69) is 0 Å². The molecule has 0 saturated carbocycles. The minimum Gasteiger partial charge on any atom is -0.464 e. The van der Waals surface area contributed by atoms with Crippen LogP contribution in [0.3, 0.4) is 0 Å². The number of esters is 1. The normalized spacial score (nSPS) is 31.5. The number of carbonyl (C=O) groups is 1. The highest BCUT2D eigenvalue weighted by molar-refractivity contribution is 5.79. The van der Waals surface area contributed by atoms with Gasteiger partial charge in [-0.1, -0.05) is 6.08 Å². The van der Waals surface area contributed by atoms with Crippen molar-refractivity contribution in [3.63, 3.8) is 0 Å². The van der Waals surface area contributed by atoms with E-state index in [1.54, 1.807) is 19.9 Å². The first-order valence-electron chi connectivity index (χ1n) is 4.67. The fraction of sp³-hybridized carbons (Fsp3) is 0.700. The van der Waals surface area contributed by atoms with Crippen LogP contribution < -0.4 is 0 Å². The van der Waals surface area contributed by atoms with Gasteiger partial charge in [-0.3, -0.25) is 0 Å². The predicted molar refractivity (Wildman–Crippen MR) is 50.7 cm³/mol. The Hall–Kier alpha value is -0.870. The van der Waals surface area contributed by atoms with Crippen LogP contribution in [0.25, 0.3) is 0 Å². The maximum atomic E-state index is 11.5. The fourth-order valence-corrected chi connectivity index (χ4v) is 1.29. The molecule has 4 heteroatoms. The summed E-state index contributed by atoms with van der Waals surface area (Å²) in [5.74, 6) is -0.341. The summed E-state index contributed by atoms with van der Waals surface area (Å²) >= 11 is 0. The molecule has 1 rings (SSSR count). The maximum Gasteiger partial charge on any atom is 0.338 e. The van der Waals surface area contributed by atoms with Crippen LogP contribution in [0.15, 0.2) is 12.2 Å². The molecule has 1 aliphatic heterocycles. The van der Waals surface area contributed by atoms with Crippen molar-refractivity contribution in [2.24, 2.45) is 0 Å². The standard InChI is InChI=1S/C10H16O4/c1-4-13-9(11)10(2)7-5-6-8(12-3)14-10/h5-6,8H,4,7H2,1-3H3. The number of rotatable bonds is 3. The predicted octanol–water partition coefficient (Wildman–Crippen LogP) is 1.26. The molecule has 0 spiro atoms. The van der Waals surface area contributed by atoms with Crippen molar-refractivity contribution in [1.29, 1.82) is 0 Å². The number of methoxy groups -OCH3 is 1. The minimum atomic E-state index is -0.911. The third-order valence-electron chi connectivity index (χ3n) is 2.12. The van der Waals surface area contributed by atoms with Crippen LogP contribution in [0.2, 0.25) is 0 Å². The summed E-state index contributed by atoms with van der Waals surface area (Å²) in [5, 5.41) is 0. The monoisotopic (exact) mass is 200 g/mol. The molecule has 0 aromatic rings. The highest BCUT2D eigenvalue weighted by atomic mass is 16.7. The summed E-state index contributed by atoms with van der Waals surface area (Å²) in [6, 6.07) is 0. The van der Waals surface area contributed by atoms with Crippen LogP contribution in [0.5, 0.6) is 0 Å². The molecule has 0 aromatic heterocycles. The van der Waals surface area contributed by atoms with E-state index in [1.165, 1.54) is 7.11 Å². The van der Waals surface area contributed by atoms with Gasteiger partial charge < -0.3 is 14.2 Å². The largest absolute Gasteiger partial charge is 0.464 e. The SMILES string of the molecule is CCOC(=O)C1(C)CC=CC(OC)O1. The van der Waals surface area contributed by atoms with Gasteiger partial charge in [0.1, 0.15) is 0 Å². The summed E-state index contributed by atoms with van der Waals surface area (Å²) in [6.45, 7) is 3.84. The molecule has 0 saturated heterocycles. The van der Waals surface area contributed by atoms with Gasteiger partial charge in [0.15, 0.2) is 11.9 Å². The van der Waals surface area contributed by atoms with Crippen molar-refractivity contribution >= 4 is 5.97 Å². The molecule has 1 heterocycles. The second kappa shape index (κ2) is 4.57. The van der Waals surface area contributed by atoms with Gasteiger partial charge in [0.2, 0.25) is 0 Å². The van der Waals surface area contributed by atoms with Gasteiger partial charge in [0.25, 0.3) is 0 Å². The van der Waals surface area contributed by atoms with Crippen LogP contribution in [-0.4, -0.2) is 31.6 Å². The van der Waals surface area contributed by atoms with Crippen LogP contribution in [0.1, 0.15) is 20.3 Å². The van der Waals surface area contributed by atoms with E-state index in [-0.39, 0.29) is 5.97 Å². The smallest absolute Gasteiger partial charge is 0.338 e. The topological polar surface area (TPSA) is 44.8 Å². The molecule has 0 aromatic carbocycles. The Labute approximate surface area is 83.8 Å². The summed E-state index contributed by atoms with van der Waals surface area (Å²) in [7, 11) is 1.53. The molecule has 0 N–H and O–H groups in total. The lowest BCUT2D eigenvalue weighted by Crippen LogP contribution is -2.44. The van der Waals surface area contributed by atoms with Crippen molar-refractivity contribution in [2.75, 3.05) is 13.7 Å². The summed E-state index contributed by atoms with van der Waals surface area (Å²) < 4.78 is 15.4. The second-order valence-electron chi connectivity index (χ2n) is 3.31. The Morgan fingerprint density at radius 1 is 1.71 bits per heavy atom. The minimum absolute atomic E-state index is 0.341. The summed E-state index contributed by atoms with van der Waals surface area (Å²) in [4.78, 5) is 11.5. The maximum absolute atomic E-state index is 11.5. The zero-order chi connectivity index (χ0) is 10.6. The quantitative estimate of drug-likeness (QED) is 0.508. The van der Waals surface area contributed by atoms with Crippen LogP contribution >= 0.6 is 0 Å². The third-order valence-corrected chi connectivity index (χ3v) is 2.12. The Kier molecular flexibility index (Phi) is 3.66. The van der Waals surface area contributed by atoms with Gasteiger partial charge in [-0.05, 0) is 19.9 Å². The van der Waals surface area contributed by atoms with E-state index in [1.807, 2.05) is 6.08 Å². The van der Waals surface area contributed by atoms with Crippen molar-refractivity contribution in [3.8, 4) is 0 Å². The molecule has 14 heavy (non-hydrogen) atoms. The molecular formula is C10H16O4. The number of carbonyl (C=O) groups excluding carboxylic acids is 1. The number of ether oxygens (including phenoxy) is 3. The number of hydrogen-bond donors (Lipinski definition) is 0. The third kappa shape index (κ3) is 2.33. The highest BCUT2D eigenvalue weighted by Gasteiger charge is 2.39. The van der Waals surface area contributed by atoms with Crippen LogP contribution in [0.4, 0.5) is 0 Å². The highest BCUT2D eigenvalue weighted by Crippen LogP contribution is 2.25. The molecule has 4 nitrogen and oxygen atoms in total. The summed E-state index contributed by atoms with van der Waals surface area (Å²) in [5.41, 5.74) is -0.911. The Morgan fingerprint density at radius 2 is 2.43 bits per heavy atom.